The lowest BCUT2D eigenvalue weighted by Gasteiger charge is -2.10. The molecule has 112 valence electrons. The van der Waals surface area contributed by atoms with Crippen LogP contribution in [0.1, 0.15) is 5.56 Å². The lowest BCUT2D eigenvalue weighted by Crippen LogP contribution is -1.91. The third kappa shape index (κ3) is 2.19. The van der Waals surface area contributed by atoms with Crippen molar-refractivity contribution in [2.45, 2.75) is 6.92 Å². The van der Waals surface area contributed by atoms with Gasteiger partial charge in [-0.05, 0) is 53.9 Å². The van der Waals surface area contributed by atoms with Crippen molar-refractivity contribution >= 4 is 21.9 Å². The van der Waals surface area contributed by atoms with Gasteiger partial charge in [0.05, 0.1) is 18.1 Å². The van der Waals surface area contributed by atoms with Crippen molar-refractivity contribution in [1.82, 2.24) is 15.0 Å². The number of rotatable bonds is 2. The summed E-state index contributed by atoms with van der Waals surface area (Å²) in [5, 5.41) is 1.07. The Kier molecular flexibility index (Phi) is 3.15. The van der Waals surface area contributed by atoms with Crippen LogP contribution in [0, 0.1) is 6.92 Å². The van der Waals surface area contributed by atoms with E-state index in [0.29, 0.717) is 0 Å². The molecule has 0 aliphatic heterocycles. The van der Waals surface area contributed by atoms with E-state index in [1.165, 1.54) is 0 Å². The van der Waals surface area contributed by atoms with Crippen LogP contribution in [0.15, 0.2) is 55.0 Å². The minimum Gasteiger partial charge on any atom is -0.496 e. The molecule has 0 fully saturated rings. The van der Waals surface area contributed by atoms with Crippen molar-refractivity contribution in [3.8, 4) is 16.9 Å². The maximum absolute atomic E-state index is 5.35. The zero-order valence-electron chi connectivity index (χ0n) is 12.9. The van der Waals surface area contributed by atoms with Gasteiger partial charge in [-0.15, -0.1) is 0 Å². The van der Waals surface area contributed by atoms with E-state index in [-0.39, 0.29) is 0 Å². The molecule has 0 radical (unpaired) electrons. The lowest BCUT2D eigenvalue weighted by atomic mass is 9.99. The van der Waals surface area contributed by atoms with E-state index >= 15 is 0 Å². The van der Waals surface area contributed by atoms with Crippen LogP contribution in [-0.4, -0.2) is 22.1 Å². The average molecular weight is 301 g/mol. The highest BCUT2D eigenvalue weighted by Crippen LogP contribution is 2.32. The Labute approximate surface area is 133 Å². The quantitative estimate of drug-likeness (QED) is 0.522. The summed E-state index contributed by atoms with van der Waals surface area (Å²) in [6.07, 6.45) is 5.23. The highest BCUT2D eigenvalue weighted by molar-refractivity contribution is 6.06. The summed E-state index contributed by atoms with van der Waals surface area (Å²) >= 11 is 0. The highest BCUT2D eigenvalue weighted by atomic mass is 16.5. The molecule has 4 aromatic rings. The van der Waals surface area contributed by atoms with Gasteiger partial charge in [0.15, 0.2) is 0 Å². The number of ether oxygens (including phenoxy) is 1. The number of pyridine rings is 1. The molecule has 23 heavy (non-hydrogen) atoms. The second kappa shape index (κ2) is 5.32. The van der Waals surface area contributed by atoms with Gasteiger partial charge in [0.1, 0.15) is 11.3 Å². The van der Waals surface area contributed by atoms with E-state index in [2.05, 4.69) is 33.2 Å². The number of hydrogen-bond donors (Lipinski definition) is 0. The fourth-order valence-corrected chi connectivity index (χ4v) is 2.94. The summed E-state index contributed by atoms with van der Waals surface area (Å²) in [6, 6.07) is 12.3. The molecular weight excluding hydrogens is 286 g/mol. The zero-order valence-corrected chi connectivity index (χ0v) is 12.9. The van der Waals surface area contributed by atoms with Crippen LogP contribution in [0.2, 0.25) is 0 Å². The van der Waals surface area contributed by atoms with Crippen molar-refractivity contribution in [2.75, 3.05) is 7.11 Å². The number of benzene rings is 2. The van der Waals surface area contributed by atoms with Gasteiger partial charge in [0.2, 0.25) is 0 Å². The summed E-state index contributed by atoms with van der Waals surface area (Å²) < 4.78 is 5.35. The van der Waals surface area contributed by atoms with Crippen LogP contribution in [0.4, 0.5) is 0 Å². The number of methoxy groups -OCH3 is 1. The Morgan fingerprint density at radius 1 is 0.826 bits per heavy atom. The molecule has 0 N–H and O–H groups in total. The van der Waals surface area contributed by atoms with Crippen LogP contribution >= 0.6 is 0 Å². The Bertz CT molecular complexity index is 1030. The van der Waals surface area contributed by atoms with Gasteiger partial charge in [0, 0.05) is 24.0 Å². The van der Waals surface area contributed by atoms with Crippen LogP contribution in [0.5, 0.6) is 5.75 Å². The third-order valence-corrected chi connectivity index (χ3v) is 4.05. The van der Waals surface area contributed by atoms with Crippen LogP contribution in [0.25, 0.3) is 33.1 Å². The van der Waals surface area contributed by atoms with Crippen LogP contribution in [-0.2, 0) is 0 Å². The van der Waals surface area contributed by atoms with Gasteiger partial charge < -0.3 is 4.74 Å². The van der Waals surface area contributed by atoms with Crippen molar-refractivity contribution in [3.05, 3.63) is 60.6 Å². The SMILES string of the molecule is COc1ccc(-c2ccnc3c2ccc2nccnc23)cc1C. The van der Waals surface area contributed by atoms with Gasteiger partial charge in [-0.25, -0.2) is 0 Å². The molecule has 0 atom stereocenters. The lowest BCUT2D eigenvalue weighted by molar-refractivity contribution is 0.412. The number of hydrogen-bond acceptors (Lipinski definition) is 4. The van der Waals surface area contributed by atoms with E-state index in [0.717, 1.165) is 44.4 Å². The third-order valence-electron chi connectivity index (χ3n) is 4.05. The number of nitrogens with zero attached hydrogens (tertiary/aromatic N) is 3. The minimum atomic E-state index is 0.831. The summed E-state index contributed by atoms with van der Waals surface area (Å²) in [6.45, 7) is 2.05. The fourth-order valence-electron chi connectivity index (χ4n) is 2.94. The normalized spacial score (nSPS) is 11.0. The fraction of sp³-hybridized carbons (Fsp3) is 0.105. The summed E-state index contributed by atoms with van der Waals surface area (Å²) in [4.78, 5) is 13.3. The molecule has 0 amide bonds. The molecule has 0 aliphatic carbocycles. The second-order valence-electron chi connectivity index (χ2n) is 5.43. The van der Waals surface area contributed by atoms with Gasteiger partial charge >= 0.3 is 0 Å². The summed E-state index contributed by atoms with van der Waals surface area (Å²) in [5.41, 5.74) is 5.94. The number of aromatic nitrogens is 3. The molecule has 4 heteroatoms. The van der Waals surface area contributed by atoms with E-state index < -0.39 is 0 Å². The van der Waals surface area contributed by atoms with E-state index in [4.69, 9.17) is 4.74 Å². The second-order valence-corrected chi connectivity index (χ2v) is 5.43. The molecule has 4 rings (SSSR count). The highest BCUT2D eigenvalue weighted by Gasteiger charge is 2.10. The maximum atomic E-state index is 5.35. The van der Waals surface area contributed by atoms with E-state index in [1.807, 2.05) is 31.3 Å². The Morgan fingerprint density at radius 2 is 1.65 bits per heavy atom. The molecule has 2 aromatic carbocycles. The number of aryl methyl sites for hydroxylation is 1. The summed E-state index contributed by atoms with van der Waals surface area (Å²) in [5.74, 6) is 0.892. The standard InChI is InChI=1S/C19H15N3O/c1-12-11-13(3-6-17(12)23-2)14-7-8-21-18-15(14)4-5-16-19(18)22-10-9-20-16/h3-11H,1-2H3. The van der Waals surface area contributed by atoms with Gasteiger partial charge in [-0.2, -0.15) is 0 Å². The first kappa shape index (κ1) is 13.6. The predicted molar refractivity (Wildman–Crippen MR) is 91.6 cm³/mol. The predicted octanol–water partition coefficient (Wildman–Crippen LogP) is 4.16. The molecule has 2 heterocycles. The number of fused-ring (bicyclic) bond motifs is 3. The van der Waals surface area contributed by atoms with Crippen molar-refractivity contribution < 1.29 is 4.74 Å². The van der Waals surface area contributed by atoms with Crippen molar-refractivity contribution in [2.24, 2.45) is 0 Å². The molecular formula is C19H15N3O. The smallest absolute Gasteiger partial charge is 0.121 e. The largest absolute Gasteiger partial charge is 0.496 e. The Balaban J connectivity index is 2.01. The van der Waals surface area contributed by atoms with E-state index in [9.17, 15) is 0 Å². The Morgan fingerprint density at radius 3 is 2.48 bits per heavy atom. The van der Waals surface area contributed by atoms with Crippen molar-refractivity contribution in [3.63, 3.8) is 0 Å². The first-order valence-corrected chi connectivity index (χ1v) is 7.41. The Hall–Kier alpha value is -3.01. The van der Waals surface area contributed by atoms with Gasteiger partial charge in [-0.1, -0.05) is 6.07 Å². The molecule has 0 bridgehead atoms. The minimum absolute atomic E-state index is 0.831. The molecule has 0 saturated carbocycles. The van der Waals surface area contributed by atoms with Gasteiger partial charge in [-0.3, -0.25) is 15.0 Å². The monoisotopic (exact) mass is 301 g/mol. The van der Waals surface area contributed by atoms with Gasteiger partial charge in [0.25, 0.3) is 0 Å². The van der Waals surface area contributed by atoms with Crippen LogP contribution < -0.4 is 4.74 Å². The molecule has 0 unspecified atom stereocenters. The molecule has 2 aromatic heterocycles. The molecule has 0 aliphatic rings. The molecule has 0 spiro atoms. The molecule has 4 nitrogen and oxygen atoms in total. The summed E-state index contributed by atoms with van der Waals surface area (Å²) in [7, 11) is 1.69. The van der Waals surface area contributed by atoms with E-state index in [1.54, 1.807) is 19.5 Å². The first-order valence-electron chi connectivity index (χ1n) is 7.41. The maximum Gasteiger partial charge on any atom is 0.121 e. The zero-order chi connectivity index (χ0) is 15.8. The van der Waals surface area contributed by atoms with Crippen molar-refractivity contribution in [1.29, 1.82) is 0 Å². The topological polar surface area (TPSA) is 47.9 Å². The first-order chi connectivity index (χ1) is 11.3. The average Bonchev–Trinajstić information content (AvgIpc) is 2.61. The molecule has 0 saturated heterocycles. The van der Waals surface area contributed by atoms with Crippen LogP contribution in [0.3, 0.4) is 0 Å².